The molecule has 5 nitrogen and oxygen atoms in total. The third-order valence-corrected chi connectivity index (χ3v) is 5.27. The molecule has 6 heteroatoms. The third-order valence-electron chi connectivity index (χ3n) is 5.27. The Morgan fingerprint density at radius 2 is 2.32 bits per heavy atom. The average Bonchev–Trinajstić information content (AvgIpc) is 2.65. The van der Waals surface area contributed by atoms with E-state index in [9.17, 15) is 9.18 Å². The fourth-order valence-electron chi connectivity index (χ4n) is 3.96. The van der Waals surface area contributed by atoms with Crippen LogP contribution in [0.5, 0.6) is 5.75 Å². The molecular weight excluding hydrogens is 325 g/mol. The third kappa shape index (κ3) is 3.65. The molecule has 0 bridgehead atoms. The molecule has 1 aromatic rings. The summed E-state index contributed by atoms with van der Waals surface area (Å²) in [6.45, 7) is 5.25. The van der Waals surface area contributed by atoms with E-state index in [1.165, 1.54) is 25.3 Å². The van der Waals surface area contributed by atoms with E-state index in [0.717, 1.165) is 25.9 Å². The summed E-state index contributed by atoms with van der Waals surface area (Å²) >= 11 is 0. The van der Waals surface area contributed by atoms with E-state index in [1.807, 2.05) is 11.8 Å². The van der Waals surface area contributed by atoms with Crippen molar-refractivity contribution in [3.8, 4) is 5.75 Å². The second kappa shape index (κ2) is 7.70. The molecule has 138 valence electrons. The van der Waals surface area contributed by atoms with Crippen LogP contribution in [0.25, 0.3) is 0 Å². The molecule has 0 saturated carbocycles. The van der Waals surface area contributed by atoms with Crippen LogP contribution in [-0.4, -0.2) is 56.9 Å². The van der Waals surface area contributed by atoms with Crippen molar-refractivity contribution in [2.24, 2.45) is 5.41 Å². The molecular formula is C19H26FNO4. The lowest BCUT2D eigenvalue weighted by molar-refractivity contribution is -0.146. The molecule has 0 spiro atoms. The lowest BCUT2D eigenvalue weighted by Crippen LogP contribution is -2.58. The first kappa shape index (κ1) is 18.1. The van der Waals surface area contributed by atoms with Gasteiger partial charge in [0.2, 0.25) is 0 Å². The number of amides is 1. The van der Waals surface area contributed by atoms with Gasteiger partial charge in [-0.15, -0.1) is 0 Å². The van der Waals surface area contributed by atoms with E-state index in [-0.39, 0.29) is 23.2 Å². The van der Waals surface area contributed by atoms with Gasteiger partial charge in [0, 0.05) is 37.3 Å². The Labute approximate surface area is 148 Å². The van der Waals surface area contributed by atoms with E-state index in [2.05, 4.69) is 0 Å². The summed E-state index contributed by atoms with van der Waals surface area (Å²) in [6.07, 6.45) is 2.92. The van der Waals surface area contributed by atoms with E-state index >= 15 is 0 Å². The number of rotatable bonds is 5. The van der Waals surface area contributed by atoms with Crippen molar-refractivity contribution in [1.82, 2.24) is 4.90 Å². The minimum absolute atomic E-state index is 0.0887. The van der Waals surface area contributed by atoms with Gasteiger partial charge in [-0.05, 0) is 44.4 Å². The monoisotopic (exact) mass is 351 g/mol. The van der Waals surface area contributed by atoms with Crippen molar-refractivity contribution in [2.45, 2.75) is 32.3 Å². The lowest BCUT2D eigenvalue weighted by Gasteiger charge is -2.50. The number of carbonyl (C=O) groups excluding carboxylic acids is 1. The van der Waals surface area contributed by atoms with Crippen LogP contribution < -0.4 is 4.74 Å². The Morgan fingerprint density at radius 3 is 3.08 bits per heavy atom. The summed E-state index contributed by atoms with van der Waals surface area (Å²) < 4.78 is 30.3. The fourth-order valence-corrected chi connectivity index (χ4v) is 3.96. The van der Waals surface area contributed by atoms with Crippen molar-refractivity contribution in [2.75, 3.05) is 40.0 Å². The lowest BCUT2D eigenvalue weighted by atomic mass is 9.73. The molecule has 2 fully saturated rings. The van der Waals surface area contributed by atoms with Gasteiger partial charge in [-0.1, -0.05) is 0 Å². The fraction of sp³-hybridized carbons (Fsp3) is 0.632. The molecule has 1 amide bonds. The topological polar surface area (TPSA) is 48.0 Å². The van der Waals surface area contributed by atoms with Crippen LogP contribution in [0.15, 0.2) is 18.2 Å². The summed E-state index contributed by atoms with van der Waals surface area (Å²) in [5.74, 6) is -0.477. The number of piperidine rings is 1. The maximum Gasteiger partial charge on any atom is 0.254 e. The minimum Gasteiger partial charge on any atom is -0.494 e. The summed E-state index contributed by atoms with van der Waals surface area (Å²) in [5, 5.41) is 0. The van der Waals surface area contributed by atoms with Gasteiger partial charge in [0.15, 0.2) is 11.6 Å². The van der Waals surface area contributed by atoms with Crippen LogP contribution in [0.4, 0.5) is 4.39 Å². The standard InChI is InChI=1S/C19H26FNO4/c1-3-24-13-19-8-4-10-25-17(19)7-9-21(12-19)18(22)14-5-6-15(20)16(11-14)23-2/h5-6,11,17H,3-4,7-10,12-13H2,1-2H3/t17-,19-/m0/s1. The first-order valence-electron chi connectivity index (χ1n) is 8.92. The number of benzene rings is 1. The zero-order valence-electron chi connectivity index (χ0n) is 14.9. The van der Waals surface area contributed by atoms with Crippen molar-refractivity contribution in [1.29, 1.82) is 0 Å². The molecule has 0 aromatic heterocycles. The predicted molar refractivity (Wildman–Crippen MR) is 91.4 cm³/mol. The molecule has 2 heterocycles. The molecule has 1 aromatic carbocycles. The summed E-state index contributed by atoms with van der Waals surface area (Å²) in [7, 11) is 1.40. The zero-order chi connectivity index (χ0) is 17.9. The van der Waals surface area contributed by atoms with Gasteiger partial charge in [0.05, 0.1) is 19.8 Å². The Morgan fingerprint density at radius 1 is 1.48 bits per heavy atom. The molecule has 2 saturated heterocycles. The highest BCUT2D eigenvalue weighted by molar-refractivity contribution is 5.94. The zero-order valence-corrected chi connectivity index (χ0v) is 14.9. The maximum atomic E-state index is 13.6. The summed E-state index contributed by atoms with van der Waals surface area (Å²) in [5.41, 5.74) is 0.298. The van der Waals surface area contributed by atoms with Crippen molar-refractivity contribution >= 4 is 5.91 Å². The number of ether oxygens (including phenoxy) is 3. The van der Waals surface area contributed by atoms with Crippen LogP contribution in [0, 0.1) is 11.2 Å². The van der Waals surface area contributed by atoms with Crippen molar-refractivity contribution < 1.29 is 23.4 Å². The van der Waals surface area contributed by atoms with Gasteiger partial charge in [-0.3, -0.25) is 4.79 Å². The van der Waals surface area contributed by atoms with E-state index in [4.69, 9.17) is 14.2 Å². The molecule has 0 unspecified atom stereocenters. The van der Waals surface area contributed by atoms with E-state index in [1.54, 1.807) is 0 Å². The number of fused-ring (bicyclic) bond motifs is 1. The van der Waals surface area contributed by atoms with E-state index in [0.29, 0.717) is 31.9 Å². The molecule has 0 N–H and O–H groups in total. The van der Waals surface area contributed by atoms with Crippen LogP contribution in [0.1, 0.15) is 36.5 Å². The van der Waals surface area contributed by atoms with Crippen LogP contribution in [0.3, 0.4) is 0 Å². The summed E-state index contributed by atoms with van der Waals surface area (Å²) in [6, 6.07) is 4.26. The van der Waals surface area contributed by atoms with Gasteiger partial charge in [-0.25, -0.2) is 4.39 Å². The molecule has 25 heavy (non-hydrogen) atoms. The number of likely N-dealkylation sites (tertiary alicyclic amines) is 1. The van der Waals surface area contributed by atoms with Crippen LogP contribution in [-0.2, 0) is 9.47 Å². The molecule has 2 aliphatic heterocycles. The molecule has 2 aliphatic rings. The average molecular weight is 351 g/mol. The minimum atomic E-state index is -0.466. The number of halogens is 1. The van der Waals surface area contributed by atoms with Crippen LogP contribution in [0.2, 0.25) is 0 Å². The number of nitrogens with zero attached hydrogens (tertiary/aromatic N) is 1. The summed E-state index contributed by atoms with van der Waals surface area (Å²) in [4.78, 5) is 14.8. The van der Waals surface area contributed by atoms with Crippen molar-refractivity contribution in [3.63, 3.8) is 0 Å². The number of methoxy groups -OCH3 is 1. The Kier molecular flexibility index (Phi) is 5.59. The van der Waals surface area contributed by atoms with Crippen LogP contribution >= 0.6 is 0 Å². The Hall–Kier alpha value is -1.66. The first-order valence-corrected chi connectivity index (χ1v) is 8.92. The molecule has 0 aliphatic carbocycles. The van der Waals surface area contributed by atoms with Gasteiger partial charge >= 0.3 is 0 Å². The molecule has 3 rings (SSSR count). The smallest absolute Gasteiger partial charge is 0.254 e. The highest BCUT2D eigenvalue weighted by Gasteiger charge is 2.47. The van der Waals surface area contributed by atoms with Gasteiger partial charge < -0.3 is 19.1 Å². The number of hydrogen-bond donors (Lipinski definition) is 0. The predicted octanol–water partition coefficient (Wildman–Crippen LogP) is 2.88. The maximum absolute atomic E-state index is 13.6. The second-order valence-corrected chi connectivity index (χ2v) is 6.83. The SMILES string of the molecule is CCOC[C@@]12CCCO[C@H]1CCN(C(=O)c1ccc(F)c(OC)c1)C2. The van der Waals surface area contributed by atoms with E-state index < -0.39 is 5.82 Å². The Balaban J connectivity index is 1.79. The van der Waals surface area contributed by atoms with Gasteiger partial charge in [0.1, 0.15) is 0 Å². The Bertz CT molecular complexity index is 623. The normalized spacial score (nSPS) is 26.2. The largest absolute Gasteiger partial charge is 0.494 e. The van der Waals surface area contributed by atoms with Gasteiger partial charge in [0.25, 0.3) is 5.91 Å². The number of carbonyl (C=O) groups is 1. The second-order valence-electron chi connectivity index (χ2n) is 6.83. The van der Waals surface area contributed by atoms with Crippen molar-refractivity contribution in [3.05, 3.63) is 29.6 Å². The molecule has 0 radical (unpaired) electrons. The number of hydrogen-bond acceptors (Lipinski definition) is 4. The molecule has 2 atom stereocenters. The first-order chi connectivity index (χ1) is 12.1. The van der Waals surface area contributed by atoms with Gasteiger partial charge in [-0.2, -0.15) is 0 Å². The highest BCUT2D eigenvalue weighted by atomic mass is 19.1. The highest BCUT2D eigenvalue weighted by Crippen LogP contribution is 2.41. The quantitative estimate of drug-likeness (QED) is 0.818.